The van der Waals surface area contributed by atoms with Gasteiger partial charge in [0.25, 0.3) is 11.6 Å². The average Bonchev–Trinajstić information content (AvgIpc) is 2.40. The summed E-state index contributed by atoms with van der Waals surface area (Å²) in [4.78, 5) is 22.4. The van der Waals surface area contributed by atoms with Gasteiger partial charge in [0, 0.05) is 11.6 Å². The number of hydrogen-bond donors (Lipinski definition) is 2. The van der Waals surface area contributed by atoms with Gasteiger partial charge in [-0.05, 0) is 36.8 Å². The first kappa shape index (κ1) is 13.5. The molecule has 0 bridgehead atoms. The Kier molecular flexibility index (Phi) is 3.65. The van der Waals surface area contributed by atoms with Crippen molar-refractivity contribution in [2.24, 2.45) is 0 Å². The molecule has 20 heavy (non-hydrogen) atoms. The number of aromatic hydroxyl groups is 1. The number of nitro benzene ring substituents is 1. The van der Waals surface area contributed by atoms with Crippen LogP contribution in [0.1, 0.15) is 15.9 Å². The molecule has 0 unspecified atom stereocenters. The van der Waals surface area contributed by atoms with E-state index in [1.54, 1.807) is 13.0 Å². The molecule has 0 atom stereocenters. The third kappa shape index (κ3) is 2.92. The Labute approximate surface area is 114 Å². The number of anilines is 1. The number of aryl methyl sites for hydroxylation is 1. The third-order valence-corrected chi connectivity index (χ3v) is 2.71. The van der Waals surface area contributed by atoms with Gasteiger partial charge in [0.05, 0.1) is 4.92 Å². The van der Waals surface area contributed by atoms with E-state index in [2.05, 4.69) is 5.32 Å². The standard InChI is InChI=1S/C14H12N2O4/c1-9-5-6-12(13(7-9)16(19)20)15-14(18)10-3-2-4-11(17)8-10/h2-8,17H,1H3,(H,15,18). The van der Waals surface area contributed by atoms with E-state index in [4.69, 9.17) is 0 Å². The zero-order valence-electron chi connectivity index (χ0n) is 10.7. The highest BCUT2D eigenvalue weighted by atomic mass is 16.6. The Hall–Kier alpha value is -2.89. The number of amides is 1. The van der Waals surface area contributed by atoms with Crippen molar-refractivity contribution in [1.29, 1.82) is 0 Å². The van der Waals surface area contributed by atoms with Crippen molar-refractivity contribution in [3.8, 4) is 5.75 Å². The lowest BCUT2D eigenvalue weighted by molar-refractivity contribution is -0.384. The minimum absolute atomic E-state index is 0.0453. The van der Waals surface area contributed by atoms with Crippen LogP contribution in [0.2, 0.25) is 0 Å². The number of benzene rings is 2. The quantitative estimate of drug-likeness (QED) is 0.663. The molecule has 0 radical (unpaired) electrons. The van der Waals surface area contributed by atoms with Crippen LogP contribution in [0.25, 0.3) is 0 Å². The van der Waals surface area contributed by atoms with Gasteiger partial charge in [-0.2, -0.15) is 0 Å². The zero-order valence-corrected chi connectivity index (χ0v) is 10.7. The maximum absolute atomic E-state index is 12.0. The molecule has 0 fully saturated rings. The fraction of sp³-hybridized carbons (Fsp3) is 0.0714. The summed E-state index contributed by atoms with van der Waals surface area (Å²) in [5, 5.41) is 22.8. The number of nitrogens with zero attached hydrogens (tertiary/aromatic N) is 1. The largest absolute Gasteiger partial charge is 0.508 e. The molecule has 1 amide bonds. The van der Waals surface area contributed by atoms with E-state index < -0.39 is 10.8 Å². The van der Waals surface area contributed by atoms with Crippen molar-refractivity contribution in [2.75, 3.05) is 5.32 Å². The molecule has 2 N–H and O–H groups in total. The maximum atomic E-state index is 12.0. The number of carbonyl (C=O) groups excluding carboxylic acids is 1. The molecule has 0 aliphatic rings. The molecule has 0 saturated carbocycles. The first-order valence-corrected chi connectivity index (χ1v) is 5.83. The first-order valence-electron chi connectivity index (χ1n) is 5.83. The highest BCUT2D eigenvalue weighted by Gasteiger charge is 2.16. The van der Waals surface area contributed by atoms with Crippen LogP contribution in [0.3, 0.4) is 0 Å². The zero-order chi connectivity index (χ0) is 14.7. The Morgan fingerprint density at radius 2 is 2.00 bits per heavy atom. The summed E-state index contributed by atoms with van der Waals surface area (Å²) < 4.78 is 0. The van der Waals surface area contributed by atoms with Gasteiger partial charge in [-0.1, -0.05) is 12.1 Å². The molecule has 2 aromatic rings. The molecule has 102 valence electrons. The van der Waals surface area contributed by atoms with Crippen LogP contribution >= 0.6 is 0 Å². The smallest absolute Gasteiger partial charge is 0.293 e. The van der Waals surface area contributed by atoms with Crippen molar-refractivity contribution in [3.05, 3.63) is 63.7 Å². The van der Waals surface area contributed by atoms with E-state index >= 15 is 0 Å². The molecule has 2 aromatic carbocycles. The van der Waals surface area contributed by atoms with E-state index in [1.165, 1.54) is 36.4 Å². The fourth-order valence-electron chi connectivity index (χ4n) is 1.74. The number of phenolic OH excluding ortho intramolecular Hbond substituents is 1. The number of nitro groups is 1. The number of rotatable bonds is 3. The summed E-state index contributed by atoms with van der Waals surface area (Å²) in [7, 11) is 0. The second-order valence-electron chi connectivity index (χ2n) is 4.28. The van der Waals surface area contributed by atoms with Crippen LogP contribution in [-0.2, 0) is 0 Å². The van der Waals surface area contributed by atoms with E-state index in [1.807, 2.05) is 0 Å². The van der Waals surface area contributed by atoms with Gasteiger partial charge in [0.15, 0.2) is 0 Å². The Balaban J connectivity index is 2.30. The molecular weight excluding hydrogens is 260 g/mol. The van der Waals surface area contributed by atoms with Crippen molar-refractivity contribution in [1.82, 2.24) is 0 Å². The van der Waals surface area contributed by atoms with Crippen molar-refractivity contribution in [2.45, 2.75) is 6.92 Å². The van der Waals surface area contributed by atoms with E-state index in [0.717, 1.165) is 5.56 Å². The van der Waals surface area contributed by atoms with Gasteiger partial charge in [0.1, 0.15) is 11.4 Å². The average molecular weight is 272 g/mol. The van der Waals surface area contributed by atoms with Crippen LogP contribution in [0.15, 0.2) is 42.5 Å². The fourth-order valence-corrected chi connectivity index (χ4v) is 1.74. The molecule has 2 rings (SSSR count). The van der Waals surface area contributed by atoms with Crippen LogP contribution in [-0.4, -0.2) is 15.9 Å². The molecule has 0 aromatic heterocycles. The van der Waals surface area contributed by atoms with Gasteiger partial charge in [0.2, 0.25) is 0 Å². The van der Waals surface area contributed by atoms with Crippen LogP contribution < -0.4 is 5.32 Å². The van der Waals surface area contributed by atoms with E-state index in [0.29, 0.717) is 0 Å². The van der Waals surface area contributed by atoms with Crippen molar-refractivity contribution >= 4 is 17.3 Å². The lowest BCUT2D eigenvalue weighted by Gasteiger charge is -2.07. The van der Waals surface area contributed by atoms with Gasteiger partial charge in [-0.15, -0.1) is 0 Å². The summed E-state index contributed by atoms with van der Waals surface area (Å²) in [5.41, 5.74) is 0.902. The van der Waals surface area contributed by atoms with Crippen molar-refractivity contribution in [3.63, 3.8) is 0 Å². The molecule has 0 heterocycles. The third-order valence-electron chi connectivity index (χ3n) is 2.71. The Bertz CT molecular complexity index is 683. The van der Waals surface area contributed by atoms with Gasteiger partial charge < -0.3 is 10.4 Å². The highest BCUT2D eigenvalue weighted by molar-refractivity contribution is 6.05. The van der Waals surface area contributed by atoms with Gasteiger partial charge >= 0.3 is 0 Å². The Morgan fingerprint density at radius 3 is 2.65 bits per heavy atom. The molecule has 0 spiro atoms. The summed E-state index contributed by atoms with van der Waals surface area (Å²) in [6.45, 7) is 1.73. The molecule has 0 aliphatic heterocycles. The van der Waals surface area contributed by atoms with Crippen LogP contribution in [0.4, 0.5) is 11.4 Å². The maximum Gasteiger partial charge on any atom is 0.293 e. The monoisotopic (exact) mass is 272 g/mol. The van der Waals surface area contributed by atoms with Crippen LogP contribution in [0, 0.1) is 17.0 Å². The lowest BCUT2D eigenvalue weighted by Crippen LogP contribution is -2.13. The van der Waals surface area contributed by atoms with E-state index in [9.17, 15) is 20.0 Å². The number of phenols is 1. The summed E-state index contributed by atoms with van der Waals surface area (Å²) in [6.07, 6.45) is 0. The van der Waals surface area contributed by atoms with Crippen LogP contribution in [0.5, 0.6) is 5.75 Å². The second-order valence-corrected chi connectivity index (χ2v) is 4.28. The lowest BCUT2D eigenvalue weighted by atomic mass is 10.1. The van der Waals surface area contributed by atoms with Gasteiger partial charge in [-0.3, -0.25) is 14.9 Å². The number of nitrogens with one attached hydrogen (secondary N) is 1. The summed E-state index contributed by atoms with van der Waals surface area (Å²) in [5.74, 6) is -0.566. The first-order chi connectivity index (χ1) is 9.47. The SMILES string of the molecule is Cc1ccc(NC(=O)c2cccc(O)c2)c([N+](=O)[O-])c1. The molecule has 0 saturated heterocycles. The van der Waals surface area contributed by atoms with E-state index in [-0.39, 0.29) is 22.7 Å². The van der Waals surface area contributed by atoms with Gasteiger partial charge in [-0.25, -0.2) is 0 Å². The topological polar surface area (TPSA) is 92.5 Å². The minimum Gasteiger partial charge on any atom is -0.508 e. The molecular formula is C14H12N2O4. The highest BCUT2D eigenvalue weighted by Crippen LogP contribution is 2.26. The molecule has 0 aliphatic carbocycles. The summed E-state index contributed by atoms with van der Waals surface area (Å²) in [6, 6.07) is 10.3. The molecule has 6 heteroatoms. The Morgan fingerprint density at radius 1 is 1.25 bits per heavy atom. The predicted molar refractivity (Wildman–Crippen MR) is 73.9 cm³/mol. The van der Waals surface area contributed by atoms with Crippen molar-refractivity contribution < 1.29 is 14.8 Å². The second kappa shape index (κ2) is 5.40. The normalized spacial score (nSPS) is 10.1. The number of carbonyl (C=O) groups is 1. The number of hydrogen-bond acceptors (Lipinski definition) is 4. The predicted octanol–water partition coefficient (Wildman–Crippen LogP) is 2.86. The minimum atomic E-state index is -0.551. The molecule has 6 nitrogen and oxygen atoms in total. The summed E-state index contributed by atoms with van der Waals surface area (Å²) >= 11 is 0.